The third-order valence-electron chi connectivity index (χ3n) is 13.1. The number of hydrogen-bond acceptors (Lipinski definition) is 9. The molecule has 0 atom stereocenters. The van der Waals surface area contributed by atoms with Gasteiger partial charge in [0.05, 0.1) is 22.1 Å². The predicted molar refractivity (Wildman–Crippen MR) is 299 cm³/mol. The standard InChI is InChI=1S/C28H27N5.C27H25N5O.BBr3/c1-19-11-14-24-25(17-19)33(26-15-16-29-28(32-26)30-23-9-3-2-4-10-23)27(31-24)22-13-12-20-7-5-6-8-21(20)18-22;33-22-12-13-23-24(17-22)32(25-14-15-28-27(31-25)29-21-8-2-1-3-9-21)26(30-23)20-11-10-18-6-4-5-7-19(18)16-20;2-1(3)4/h5-8,11-18,23H,2-4,9-10H2,1H3,(H,29,30,32);4-7,10-17,21,33H,1-3,8-9H2,(H,28,29,31);. The van der Waals surface area contributed by atoms with Gasteiger partial charge in [0.25, 0.3) is 0 Å². The van der Waals surface area contributed by atoms with E-state index in [0.717, 1.165) is 74.7 Å². The lowest BCUT2D eigenvalue weighted by atomic mass is 9.96. The number of benzene rings is 6. The summed E-state index contributed by atoms with van der Waals surface area (Å²) in [6.07, 6.45) is 16.0. The lowest BCUT2D eigenvalue weighted by Crippen LogP contribution is -2.23. The van der Waals surface area contributed by atoms with Crippen molar-refractivity contribution in [2.75, 3.05) is 10.6 Å². The molecule has 0 unspecified atom stereocenters. The number of phenolic OH excluding ortho intramolecular Hbond substituents is 1. The van der Waals surface area contributed by atoms with Crippen LogP contribution >= 0.6 is 47.3 Å². The van der Waals surface area contributed by atoms with Crippen LogP contribution in [-0.4, -0.2) is 59.4 Å². The summed E-state index contributed by atoms with van der Waals surface area (Å²) in [4.78, 5) is 28.8. The third-order valence-corrected chi connectivity index (χ3v) is 13.1. The third kappa shape index (κ3) is 11.1. The Morgan fingerprint density at radius 1 is 0.500 bits per heavy atom. The van der Waals surface area contributed by atoms with Crippen molar-refractivity contribution in [3.8, 4) is 40.2 Å². The van der Waals surface area contributed by atoms with Gasteiger partial charge in [-0.2, -0.15) is 9.97 Å². The summed E-state index contributed by atoms with van der Waals surface area (Å²) in [6.45, 7) is 2.11. The second kappa shape index (κ2) is 21.9. The van der Waals surface area contributed by atoms with E-state index in [1.807, 2.05) is 41.1 Å². The van der Waals surface area contributed by atoms with E-state index in [9.17, 15) is 5.11 Å². The normalized spacial score (nSPS) is 14.2. The molecule has 2 aliphatic carbocycles. The molecule has 352 valence electrons. The molecule has 6 aromatic carbocycles. The molecule has 70 heavy (non-hydrogen) atoms. The van der Waals surface area contributed by atoms with Crippen LogP contribution in [-0.2, 0) is 0 Å². The molecule has 2 saturated carbocycles. The van der Waals surface area contributed by atoms with E-state index in [4.69, 9.17) is 19.9 Å². The van der Waals surface area contributed by atoms with Gasteiger partial charge in [0.2, 0.25) is 11.9 Å². The zero-order chi connectivity index (χ0) is 48.0. The number of halogens is 3. The minimum atomic E-state index is 0.198. The predicted octanol–water partition coefficient (Wildman–Crippen LogP) is 14.9. The summed E-state index contributed by atoms with van der Waals surface area (Å²) in [7, 11) is 0. The number of aromatic nitrogens is 8. The number of imidazole rings is 2. The van der Waals surface area contributed by atoms with Crippen LogP contribution in [0, 0.1) is 6.92 Å². The molecule has 4 heterocycles. The van der Waals surface area contributed by atoms with E-state index in [2.05, 4.69) is 170 Å². The molecule has 4 aromatic heterocycles. The van der Waals surface area contributed by atoms with Gasteiger partial charge in [-0.05, 0) is 108 Å². The van der Waals surface area contributed by atoms with E-state index < -0.39 is 0 Å². The first-order chi connectivity index (χ1) is 34.2. The zero-order valence-corrected chi connectivity index (χ0v) is 43.6. The van der Waals surface area contributed by atoms with Crippen LogP contribution in [0.4, 0.5) is 11.9 Å². The van der Waals surface area contributed by atoms with Crippen molar-refractivity contribution in [2.24, 2.45) is 0 Å². The van der Waals surface area contributed by atoms with Crippen molar-refractivity contribution in [3.05, 3.63) is 151 Å². The Balaban J connectivity index is 0.000000151. The maximum Gasteiger partial charge on any atom is 0.369 e. The quantitative estimate of drug-likeness (QED) is 0.127. The molecule has 0 saturated heterocycles. The fraction of sp³-hybridized carbons (Fsp3) is 0.236. The maximum absolute atomic E-state index is 10.2. The molecular formula is C55H52BBr3N10O. The molecule has 0 spiro atoms. The number of phenols is 1. The first kappa shape index (κ1) is 47.5. The fourth-order valence-corrected chi connectivity index (χ4v) is 9.70. The number of rotatable bonds is 8. The molecule has 0 aliphatic heterocycles. The number of nitrogens with one attached hydrogen (secondary N) is 2. The molecule has 0 bridgehead atoms. The molecule has 3 N–H and O–H groups in total. The number of hydrogen-bond donors (Lipinski definition) is 3. The average Bonchev–Trinajstić information content (AvgIpc) is 3.95. The maximum atomic E-state index is 10.2. The van der Waals surface area contributed by atoms with Gasteiger partial charge in [-0.1, -0.05) is 117 Å². The Kier molecular flexibility index (Phi) is 14.8. The first-order valence-corrected chi connectivity index (χ1v) is 26.8. The van der Waals surface area contributed by atoms with Gasteiger partial charge in [0.15, 0.2) is 0 Å². The topological polar surface area (TPSA) is 131 Å². The number of aromatic hydroxyl groups is 1. The highest BCUT2D eigenvalue weighted by Crippen LogP contribution is 2.34. The van der Waals surface area contributed by atoms with E-state index >= 15 is 0 Å². The second-order valence-corrected chi connectivity index (χ2v) is 24.4. The second-order valence-electron chi connectivity index (χ2n) is 18.0. The SMILES string of the molecule is BrB(Br)Br.Cc1ccc2nc(-c3ccc4ccccc4c3)n(-c3ccnc(NC4CCCCC4)n3)c2c1.Oc1ccc2nc(-c3ccc4ccccc4c3)n(-c3ccnc(NC4CCCCC4)n3)c2c1. The monoisotopic (exact) mass is 1120 g/mol. The highest BCUT2D eigenvalue weighted by molar-refractivity contribution is 9.69. The Labute approximate surface area is 432 Å². The molecule has 15 heteroatoms. The van der Waals surface area contributed by atoms with E-state index in [1.165, 1.54) is 73.1 Å². The molecule has 2 fully saturated rings. The van der Waals surface area contributed by atoms with Gasteiger partial charge < -0.3 is 15.7 Å². The van der Waals surface area contributed by atoms with Crippen LogP contribution in [0.3, 0.4) is 0 Å². The molecule has 0 amide bonds. The molecule has 2 aliphatic rings. The van der Waals surface area contributed by atoms with Crippen LogP contribution in [0.2, 0.25) is 0 Å². The molecular weight excluding hydrogens is 1070 g/mol. The number of fused-ring (bicyclic) bond motifs is 4. The van der Waals surface area contributed by atoms with Crippen molar-refractivity contribution in [1.29, 1.82) is 0 Å². The Morgan fingerprint density at radius 3 is 1.43 bits per heavy atom. The Bertz CT molecular complexity index is 3200. The van der Waals surface area contributed by atoms with Crippen LogP contribution in [0.25, 0.3) is 78.0 Å². The number of nitrogens with zero attached hydrogens (tertiary/aromatic N) is 8. The van der Waals surface area contributed by atoms with E-state index in [-0.39, 0.29) is 8.93 Å². The van der Waals surface area contributed by atoms with Gasteiger partial charge >= 0.3 is 3.18 Å². The van der Waals surface area contributed by atoms with Crippen LogP contribution < -0.4 is 10.6 Å². The van der Waals surface area contributed by atoms with Crippen LogP contribution in [0.5, 0.6) is 5.75 Å². The van der Waals surface area contributed by atoms with E-state index in [1.54, 1.807) is 18.3 Å². The largest absolute Gasteiger partial charge is 0.508 e. The van der Waals surface area contributed by atoms with E-state index in [0.29, 0.717) is 24.0 Å². The van der Waals surface area contributed by atoms with Gasteiger partial charge in [0, 0.05) is 41.7 Å². The van der Waals surface area contributed by atoms with Gasteiger partial charge in [-0.3, -0.25) is 9.13 Å². The van der Waals surface area contributed by atoms with Crippen molar-refractivity contribution >= 4 is 106 Å². The molecule has 11 nitrogen and oxygen atoms in total. The summed E-state index contributed by atoms with van der Waals surface area (Å²) >= 11 is 9.31. The summed E-state index contributed by atoms with van der Waals surface area (Å²) in [5, 5.41) is 22.1. The number of anilines is 2. The first-order valence-electron chi connectivity index (χ1n) is 24.0. The van der Waals surface area contributed by atoms with Crippen molar-refractivity contribution in [1.82, 2.24) is 39.0 Å². The Morgan fingerprint density at radius 2 is 0.943 bits per heavy atom. The smallest absolute Gasteiger partial charge is 0.369 e. The lowest BCUT2D eigenvalue weighted by molar-refractivity contribution is 0.461. The molecule has 10 aromatic rings. The highest BCUT2D eigenvalue weighted by Gasteiger charge is 2.21. The number of aryl methyl sites for hydroxylation is 1. The van der Waals surface area contributed by atoms with Gasteiger partial charge in [-0.15, -0.1) is 47.3 Å². The van der Waals surface area contributed by atoms with Gasteiger partial charge in [-0.25, -0.2) is 19.9 Å². The minimum absolute atomic E-state index is 0.198. The van der Waals surface area contributed by atoms with Crippen molar-refractivity contribution in [3.63, 3.8) is 0 Å². The summed E-state index contributed by atoms with van der Waals surface area (Å²) in [5.41, 5.74) is 6.89. The van der Waals surface area contributed by atoms with Crippen molar-refractivity contribution < 1.29 is 5.11 Å². The van der Waals surface area contributed by atoms with Gasteiger partial charge in [0.1, 0.15) is 29.0 Å². The summed E-state index contributed by atoms with van der Waals surface area (Å²) in [5.74, 6) is 4.75. The fourth-order valence-electron chi connectivity index (χ4n) is 9.70. The van der Waals surface area contributed by atoms with Crippen LogP contribution in [0.1, 0.15) is 69.8 Å². The molecule has 12 rings (SSSR count). The average molecular weight is 1120 g/mol. The van der Waals surface area contributed by atoms with Crippen molar-refractivity contribution in [2.45, 2.75) is 83.2 Å². The van der Waals surface area contributed by atoms with Crippen LogP contribution in [0.15, 0.2) is 146 Å². The summed E-state index contributed by atoms with van der Waals surface area (Å²) in [6, 6.07) is 46.0. The minimum Gasteiger partial charge on any atom is -0.508 e. The Hall–Kier alpha value is -6.16. The summed E-state index contributed by atoms with van der Waals surface area (Å²) < 4.78 is 4.44. The lowest BCUT2D eigenvalue weighted by Gasteiger charge is -2.22. The zero-order valence-electron chi connectivity index (χ0n) is 38.8. The molecule has 0 radical (unpaired) electrons. The highest BCUT2D eigenvalue weighted by atomic mass is 79.9.